The lowest BCUT2D eigenvalue weighted by molar-refractivity contribution is -0.0429. The predicted octanol–water partition coefficient (Wildman–Crippen LogP) is 4.10. The third-order valence-corrected chi connectivity index (χ3v) is 4.59. The second kappa shape index (κ2) is 5.98. The maximum absolute atomic E-state index is 12.4. The van der Waals surface area contributed by atoms with Gasteiger partial charge in [-0.15, -0.1) is 0 Å². The van der Waals surface area contributed by atoms with Crippen LogP contribution in [0.5, 0.6) is 0 Å². The summed E-state index contributed by atoms with van der Waals surface area (Å²) < 4.78 is 61.2. The highest BCUT2D eigenvalue weighted by molar-refractivity contribution is 7.99. The minimum Gasteiger partial charge on any atom is -0.275 e. The summed E-state index contributed by atoms with van der Waals surface area (Å²) in [5, 5.41) is 0. The Balaban J connectivity index is 2.30. The molecule has 0 aromatic heterocycles. The van der Waals surface area contributed by atoms with Gasteiger partial charge in [-0.2, -0.15) is 21.6 Å². The van der Waals surface area contributed by atoms with Gasteiger partial charge in [-0.25, -0.2) is 0 Å². The molecule has 0 saturated carbocycles. The molecule has 0 heterocycles. The fourth-order valence-electron chi connectivity index (χ4n) is 1.46. The minimum absolute atomic E-state index is 0.108. The largest absolute Gasteiger partial charge is 0.516 e. The monoisotopic (exact) mass is 333 g/mol. The first kappa shape index (κ1) is 15.7. The van der Waals surface area contributed by atoms with E-state index in [1.165, 1.54) is 23.9 Å². The molecule has 2 aromatic rings. The molecule has 0 amide bonds. The SMILES string of the molecule is O=S(=O)(Nc1ccccc1Sc1ccccc1)C(F)(F)F. The van der Waals surface area contributed by atoms with Crippen molar-refractivity contribution in [3.8, 4) is 0 Å². The summed E-state index contributed by atoms with van der Waals surface area (Å²) in [5.74, 6) is 0. The minimum atomic E-state index is -5.43. The first-order chi connectivity index (χ1) is 9.79. The van der Waals surface area contributed by atoms with Gasteiger partial charge >= 0.3 is 15.5 Å². The van der Waals surface area contributed by atoms with Crippen molar-refractivity contribution in [2.75, 3.05) is 4.72 Å². The van der Waals surface area contributed by atoms with Crippen LogP contribution in [-0.2, 0) is 10.0 Å². The second-order valence-corrected chi connectivity index (χ2v) is 6.75. The van der Waals surface area contributed by atoms with Crippen molar-refractivity contribution < 1.29 is 21.6 Å². The molecular weight excluding hydrogens is 323 g/mol. The standard InChI is InChI=1S/C13H10F3NO2S2/c14-13(15,16)21(18,19)17-11-8-4-5-9-12(11)20-10-6-2-1-3-7-10/h1-9,17H. The van der Waals surface area contributed by atoms with Crippen molar-refractivity contribution in [1.82, 2.24) is 0 Å². The number of nitrogens with one attached hydrogen (secondary N) is 1. The van der Waals surface area contributed by atoms with Crippen LogP contribution in [0, 0.1) is 0 Å². The van der Waals surface area contributed by atoms with Gasteiger partial charge in [-0.3, -0.25) is 4.72 Å². The molecule has 0 atom stereocenters. The maximum atomic E-state index is 12.4. The highest BCUT2D eigenvalue weighted by Crippen LogP contribution is 2.35. The fraction of sp³-hybridized carbons (Fsp3) is 0.0769. The van der Waals surface area contributed by atoms with E-state index in [1.807, 2.05) is 6.07 Å². The molecule has 112 valence electrons. The van der Waals surface area contributed by atoms with Crippen LogP contribution < -0.4 is 4.72 Å². The molecule has 0 saturated heterocycles. The summed E-state index contributed by atoms with van der Waals surface area (Å²) in [5.41, 5.74) is -5.46. The van der Waals surface area contributed by atoms with Crippen LogP contribution in [0.4, 0.5) is 18.9 Å². The van der Waals surface area contributed by atoms with Gasteiger partial charge in [0.05, 0.1) is 5.69 Å². The number of halogens is 3. The van der Waals surface area contributed by atoms with E-state index in [1.54, 1.807) is 41.1 Å². The predicted molar refractivity (Wildman–Crippen MR) is 75.6 cm³/mol. The number of sulfonamides is 1. The van der Waals surface area contributed by atoms with Gasteiger partial charge in [-0.1, -0.05) is 42.1 Å². The Bertz CT molecular complexity index is 716. The number of anilines is 1. The van der Waals surface area contributed by atoms with E-state index < -0.39 is 15.5 Å². The average Bonchev–Trinajstić information content (AvgIpc) is 2.40. The number of para-hydroxylation sites is 1. The van der Waals surface area contributed by atoms with Crippen molar-refractivity contribution in [3.05, 3.63) is 54.6 Å². The fourth-order valence-corrected chi connectivity index (χ4v) is 3.03. The Morgan fingerprint density at radius 2 is 1.48 bits per heavy atom. The summed E-state index contributed by atoms with van der Waals surface area (Å²) >= 11 is 1.17. The molecule has 8 heteroatoms. The zero-order valence-corrected chi connectivity index (χ0v) is 12.1. The second-order valence-electron chi connectivity index (χ2n) is 3.96. The van der Waals surface area contributed by atoms with Crippen LogP contribution in [0.3, 0.4) is 0 Å². The van der Waals surface area contributed by atoms with Gasteiger partial charge in [0.25, 0.3) is 0 Å². The smallest absolute Gasteiger partial charge is 0.275 e. The summed E-state index contributed by atoms with van der Waals surface area (Å²) in [4.78, 5) is 1.17. The zero-order chi connectivity index (χ0) is 15.5. The van der Waals surface area contributed by atoms with Crippen LogP contribution in [0.15, 0.2) is 64.4 Å². The molecule has 0 radical (unpaired) electrons. The highest BCUT2D eigenvalue weighted by atomic mass is 32.2. The van der Waals surface area contributed by atoms with Crippen LogP contribution in [0.1, 0.15) is 0 Å². The molecule has 3 nitrogen and oxygen atoms in total. The van der Waals surface area contributed by atoms with E-state index in [9.17, 15) is 21.6 Å². The lowest BCUT2D eigenvalue weighted by Gasteiger charge is -2.13. The Hall–Kier alpha value is -1.67. The van der Waals surface area contributed by atoms with E-state index in [2.05, 4.69) is 0 Å². The molecule has 21 heavy (non-hydrogen) atoms. The van der Waals surface area contributed by atoms with E-state index in [0.29, 0.717) is 4.90 Å². The van der Waals surface area contributed by atoms with E-state index >= 15 is 0 Å². The van der Waals surface area contributed by atoms with E-state index in [-0.39, 0.29) is 5.69 Å². The normalized spacial score (nSPS) is 12.1. The van der Waals surface area contributed by atoms with Gasteiger partial charge in [0, 0.05) is 9.79 Å². The number of hydrogen-bond acceptors (Lipinski definition) is 3. The third kappa shape index (κ3) is 3.92. The van der Waals surface area contributed by atoms with Crippen molar-refractivity contribution in [1.29, 1.82) is 0 Å². The number of rotatable bonds is 4. The van der Waals surface area contributed by atoms with Crippen LogP contribution in [0.25, 0.3) is 0 Å². The molecule has 0 aliphatic carbocycles. The molecule has 0 unspecified atom stereocenters. The van der Waals surface area contributed by atoms with Gasteiger partial charge in [0.15, 0.2) is 0 Å². The molecule has 0 aliphatic rings. The summed E-state index contributed by atoms with van der Waals surface area (Å²) in [6.07, 6.45) is 0. The molecule has 2 aromatic carbocycles. The molecule has 1 N–H and O–H groups in total. The number of hydrogen-bond donors (Lipinski definition) is 1. The first-order valence-electron chi connectivity index (χ1n) is 5.70. The third-order valence-electron chi connectivity index (χ3n) is 2.41. The maximum Gasteiger partial charge on any atom is 0.516 e. The van der Waals surface area contributed by atoms with E-state index in [0.717, 1.165) is 4.90 Å². The molecule has 0 bridgehead atoms. The molecule has 0 fully saturated rings. The molecule has 0 aliphatic heterocycles. The number of benzene rings is 2. The molecular formula is C13H10F3NO2S2. The molecule has 0 spiro atoms. The highest BCUT2D eigenvalue weighted by Gasteiger charge is 2.46. The zero-order valence-electron chi connectivity index (χ0n) is 10.5. The van der Waals surface area contributed by atoms with Gasteiger partial charge in [0.1, 0.15) is 0 Å². The Morgan fingerprint density at radius 1 is 0.905 bits per heavy atom. The van der Waals surface area contributed by atoms with Crippen molar-refractivity contribution >= 4 is 27.5 Å². The van der Waals surface area contributed by atoms with E-state index in [4.69, 9.17) is 0 Å². The topological polar surface area (TPSA) is 46.2 Å². The summed E-state index contributed by atoms with van der Waals surface area (Å²) in [6.45, 7) is 0. The van der Waals surface area contributed by atoms with Gasteiger partial charge < -0.3 is 0 Å². The lowest BCUT2D eigenvalue weighted by Crippen LogP contribution is -2.30. The summed E-state index contributed by atoms with van der Waals surface area (Å²) in [6, 6.07) is 14.8. The van der Waals surface area contributed by atoms with Crippen molar-refractivity contribution in [2.45, 2.75) is 15.3 Å². The van der Waals surface area contributed by atoms with Crippen LogP contribution >= 0.6 is 11.8 Å². The Morgan fingerprint density at radius 3 is 2.10 bits per heavy atom. The van der Waals surface area contributed by atoms with Crippen molar-refractivity contribution in [3.63, 3.8) is 0 Å². The lowest BCUT2D eigenvalue weighted by atomic mass is 10.3. The summed E-state index contributed by atoms with van der Waals surface area (Å²) in [7, 11) is -5.43. The van der Waals surface area contributed by atoms with Crippen LogP contribution in [-0.4, -0.2) is 13.9 Å². The Kier molecular flexibility index (Phi) is 4.48. The van der Waals surface area contributed by atoms with Crippen molar-refractivity contribution in [2.24, 2.45) is 0 Å². The number of alkyl halides is 3. The van der Waals surface area contributed by atoms with Gasteiger partial charge in [0.2, 0.25) is 0 Å². The van der Waals surface area contributed by atoms with Crippen LogP contribution in [0.2, 0.25) is 0 Å². The van der Waals surface area contributed by atoms with Gasteiger partial charge in [-0.05, 0) is 24.3 Å². The first-order valence-corrected chi connectivity index (χ1v) is 8.00. The Labute approximate surface area is 124 Å². The average molecular weight is 333 g/mol. The quantitative estimate of drug-likeness (QED) is 0.916. The molecule has 2 rings (SSSR count).